The number of rotatable bonds is 9. The first-order valence-electron chi connectivity index (χ1n) is 14.8. The molecule has 0 saturated carbocycles. The predicted molar refractivity (Wildman–Crippen MR) is 166 cm³/mol. The second kappa shape index (κ2) is 14.2. The fourth-order valence-corrected chi connectivity index (χ4v) is 6.43. The van der Waals surface area contributed by atoms with Crippen LogP contribution in [0, 0.1) is 0 Å². The maximum atomic E-state index is 12.8. The second-order valence-corrected chi connectivity index (χ2v) is 14.8. The molecule has 0 aliphatic carbocycles. The first-order chi connectivity index (χ1) is 21.5. The van der Waals surface area contributed by atoms with Gasteiger partial charge in [-0.05, 0) is 67.2 Å². The van der Waals surface area contributed by atoms with Crippen molar-refractivity contribution in [3.05, 3.63) is 22.1 Å². The molecule has 14 nitrogen and oxygen atoms in total. The molecule has 4 heterocycles. The lowest BCUT2D eigenvalue weighted by Crippen LogP contribution is -2.44. The van der Waals surface area contributed by atoms with Gasteiger partial charge in [-0.2, -0.15) is 0 Å². The van der Waals surface area contributed by atoms with E-state index in [9.17, 15) is 28.8 Å². The number of likely N-dealkylation sites (tertiary alicyclic amines) is 2. The van der Waals surface area contributed by atoms with Crippen LogP contribution in [0.4, 0.5) is 9.59 Å². The van der Waals surface area contributed by atoms with Gasteiger partial charge in [-0.15, -0.1) is 22.7 Å². The van der Waals surface area contributed by atoms with Crippen molar-refractivity contribution >= 4 is 58.4 Å². The maximum Gasteiger partial charge on any atom is 0.411 e. The van der Waals surface area contributed by atoms with E-state index in [0.29, 0.717) is 48.8 Å². The van der Waals surface area contributed by atoms with Gasteiger partial charge < -0.3 is 18.9 Å². The lowest BCUT2D eigenvalue weighted by atomic mass is 10.2. The smallest absolute Gasteiger partial charge is 0.411 e. The summed E-state index contributed by atoms with van der Waals surface area (Å²) in [5.41, 5.74) is -1.43. The molecule has 0 spiro atoms. The first kappa shape index (κ1) is 34.9. The normalized spacial score (nSPS) is 18.3. The molecule has 2 aliphatic heterocycles. The minimum absolute atomic E-state index is 0.223. The molecule has 0 N–H and O–H groups in total. The number of thiazole rings is 2. The first-order valence-corrected chi connectivity index (χ1v) is 16.5. The van der Waals surface area contributed by atoms with Crippen LogP contribution < -0.4 is 0 Å². The van der Waals surface area contributed by atoms with Gasteiger partial charge in [0.1, 0.15) is 23.3 Å². The van der Waals surface area contributed by atoms with Gasteiger partial charge in [0.15, 0.2) is 23.2 Å². The molecular formula is C30H38N4O10S2. The number of carbonyl (C=O) groups excluding carboxylic acids is 6. The number of ketones is 2. The molecular weight excluding hydrogens is 640 g/mol. The summed E-state index contributed by atoms with van der Waals surface area (Å²) in [6.07, 6.45) is 3.49. The molecule has 2 saturated heterocycles. The topological polar surface area (TPSA) is 172 Å². The van der Waals surface area contributed by atoms with Gasteiger partial charge in [0.2, 0.25) is 11.6 Å². The molecule has 2 amide bonds. The predicted octanol–water partition coefficient (Wildman–Crippen LogP) is 4.52. The number of aromatic nitrogens is 2. The lowest BCUT2D eigenvalue weighted by Gasteiger charge is -2.27. The van der Waals surface area contributed by atoms with Crippen molar-refractivity contribution in [3.63, 3.8) is 0 Å². The van der Waals surface area contributed by atoms with Crippen molar-refractivity contribution in [2.75, 3.05) is 26.3 Å². The third kappa shape index (κ3) is 9.09. The molecule has 4 rings (SSSR count). The number of nitrogens with zero attached hydrogens (tertiary/aromatic N) is 4. The van der Waals surface area contributed by atoms with E-state index < -0.39 is 72.2 Å². The van der Waals surface area contributed by atoms with E-state index in [1.54, 1.807) is 41.5 Å². The Morgan fingerprint density at radius 3 is 1.41 bits per heavy atom. The van der Waals surface area contributed by atoms with Crippen LogP contribution in [0.2, 0.25) is 0 Å². The molecule has 16 heteroatoms. The Kier molecular flexibility index (Phi) is 10.8. The van der Waals surface area contributed by atoms with Crippen LogP contribution in [-0.2, 0) is 28.5 Å². The molecule has 2 aliphatic rings. The number of carbonyl (C=O) groups is 6. The van der Waals surface area contributed by atoms with Gasteiger partial charge in [0, 0.05) is 25.5 Å². The highest BCUT2D eigenvalue weighted by Crippen LogP contribution is 2.30. The highest BCUT2D eigenvalue weighted by atomic mass is 32.1. The van der Waals surface area contributed by atoms with Gasteiger partial charge in [0.05, 0.1) is 9.75 Å². The zero-order valence-corrected chi connectivity index (χ0v) is 28.3. The molecule has 2 fully saturated rings. The number of ether oxygens (including phenoxy) is 4. The fraction of sp³-hybridized carbons (Fsp3) is 0.600. The van der Waals surface area contributed by atoms with Gasteiger partial charge in [-0.1, -0.05) is 0 Å². The quantitative estimate of drug-likeness (QED) is 0.207. The summed E-state index contributed by atoms with van der Waals surface area (Å²) in [7, 11) is 0. The number of amides is 2. The highest BCUT2D eigenvalue weighted by Gasteiger charge is 2.39. The maximum absolute atomic E-state index is 12.8. The summed E-state index contributed by atoms with van der Waals surface area (Å²) >= 11 is 2.04. The van der Waals surface area contributed by atoms with Crippen LogP contribution in [0.1, 0.15) is 86.6 Å². The molecule has 2 aromatic heterocycles. The Labute approximate surface area is 274 Å². The van der Waals surface area contributed by atoms with E-state index in [2.05, 4.69) is 9.97 Å². The molecule has 46 heavy (non-hydrogen) atoms. The van der Waals surface area contributed by atoms with Crippen LogP contribution >= 0.6 is 22.7 Å². The Bertz CT molecular complexity index is 1380. The fourth-order valence-electron chi connectivity index (χ4n) is 4.71. The number of hydrogen-bond acceptors (Lipinski definition) is 14. The third-order valence-corrected chi connectivity index (χ3v) is 8.96. The van der Waals surface area contributed by atoms with Crippen LogP contribution in [0.5, 0.6) is 0 Å². The van der Waals surface area contributed by atoms with Gasteiger partial charge >= 0.3 is 24.1 Å². The minimum atomic E-state index is -0.827. The summed E-state index contributed by atoms with van der Waals surface area (Å²) < 4.78 is 21.2. The number of Topliss-reactive ketones (excluding diaryl/α,β-unsaturated/α-hetero) is 2. The van der Waals surface area contributed by atoms with Crippen molar-refractivity contribution in [1.29, 1.82) is 0 Å². The van der Waals surface area contributed by atoms with Crippen molar-refractivity contribution in [3.8, 4) is 10.0 Å². The van der Waals surface area contributed by atoms with Gasteiger partial charge in [0.25, 0.3) is 0 Å². The van der Waals surface area contributed by atoms with E-state index in [0.717, 1.165) is 22.7 Å². The molecule has 0 radical (unpaired) electrons. The Balaban J connectivity index is 1.27. The monoisotopic (exact) mass is 678 g/mol. The molecule has 250 valence electrons. The van der Waals surface area contributed by atoms with Gasteiger partial charge in [-0.25, -0.2) is 29.1 Å². The van der Waals surface area contributed by atoms with Crippen LogP contribution in [-0.4, -0.2) is 105 Å². The average molecular weight is 679 g/mol. The van der Waals surface area contributed by atoms with Gasteiger partial charge in [-0.3, -0.25) is 19.4 Å². The summed E-state index contributed by atoms with van der Waals surface area (Å²) in [5, 5.41) is 0.753. The summed E-state index contributed by atoms with van der Waals surface area (Å²) in [4.78, 5) is 87.3. The van der Waals surface area contributed by atoms with Crippen molar-refractivity contribution in [2.45, 2.75) is 90.5 Å². The van der Waals surface area contributed by atoms with E-state index in [1.807, 2.05) is 0 Å². The SMILES string of the molecule is CC(C)(C)OC(=O)N1CCC[C@H]1C(=O)OCC(=O)c1cnc(-c2ncc(C(=O)COC(=O)[C@@H]3CCCN3C(=O)OC(C)(C)C)s2)s1. The van der Waals surface area contributed by atoms with E-state index >= 15 is 0 Å². The van der Waals surface area contributed by atoms with E-state index in [4.69, 9.17) is 18.9 Å². The van der Waals surface area contributed by atoms with Crippen LogP contribution in [0.15, 0.2) is 12.4 Å². The average Bonchev–Trinajstić information content (AvgIpc) is 3.78. The van der Waals surface area contributed by atoms with Crippen molar-refractivity contribution in [1.82, 2.24) is 19.8 Å². The van der Waals surface area contributed by atoms with E-state index in [1.165, 1.54) is 22.2 Å². The Morgan fingerprint density at radius 1 is 0.696 bits per heavy atom. The number of esters is 2. The van der Waals surface area contributed by atoms with Crippen molar-refractivity contribution < 1.29 is 47.7 Å². The molecule has 0 bridgehead atoms. The molecule has 2 aromatic rings. The van der Waals surface area contributed by atoms with Crippen LogP contribution in [0.25, 0.3) is 10.0 Å². The molecule has 2 atom stereocenters. The second-order valence-electron chi connectivity index (χ2n) is 12.8. The minimum Gasteiger partial charge on any atom is -0.456 e. The summed E-state index contributed by atoms with van der Waals surface area (Å²) in [5.74, 6) is -2.33. The summed E-state index contributed by atoms with van der Waals surface area (Å²) in [6, 6.07) is -1.65. The number of hydrogen-bond donors (Lipinski definition) is 0. The van der Waals surface area contributed by atoms with E-state index in [-0.39, 0.29) is 9.75 Å². The van der Waals surface area contributed by atoms with Crippen LogP contribution in [0.3, 0.4) is 0 Å². The Hall–Kier alpha value is -3.92. The molecule has 0 unspecified atom stereocenters. The Morgan fingerprint density at radius 2 is 1.07 bits per heavy atom. The van der Waals surface area contributed by atoms with Crippen molar-refractivity contribution in [2.24, 2.45) is 0 Å². The zero-order chi connectivity index (χ0) is 33.8. The molecule has 0 aromatic carbocycles. The summed E-state index contributed by atoms with van der Waals surface area (Å²) in [6.45, 7) is 10.1. The standard InChI is InChI=1S/C30H38N4O10S2/c1-29(2,3)43-27(39)33-11-7-9-17(33)25(37)41-15-19(35)21-13-31-23(45-21)24-32-14-22(46-24)20(36)16-42-26(38)18-10-8-12-34(18)28(40)44-30(4,5)6/h13-14,17-18H,7-12,15-16H2,1-6H3/t17-,18-/m0/s1. The third-order valence-electron chi connectivity index (χ3n) is 6.74. The highest BCUT2D eigenvalue weighted by molar-refractivity contribution is 7.23. The largest absolute Gasteiger partial charge is 0.456 e. The lowest BCUT2D eigenvalue weighted by molar-refractivity contribution is -0.148. The zero-order valence-electron chi connectivity index (χ0n) is 26.7.